The van der Waals surface area contributed by atoms with Crippen LogP contribution in [0.3, 0.4) is 0 Å². The van der Waals surface area contributed by atoms with Crippen molar-refractivity contribution in [2.24, 2.45) is 0 Å². The van der Waals surface area contributed by atoms with E-state index in [4.69, 9.17) is 17.7 Å². The summed E-state index contributed by atoms with van der Waals surface area (Å²) in [5.41, 5.74) is -2.46. The molecule has 21 heavy (non-hydrogen) atoms. The van der Waals surface area contributed by atoms with Gasteiger partial charge in [0.1, 0.15) is 17.5 Å². The minimum atomic E-state index is -1.94. The van der Waals surface area contributed by atoms with Crippen LogP contribution in [0.2, 0.25) is 0 Å². The summed E-state index contributed by atoms with van der Waals surface area (Å²) in [5.74, 6) is -0.0698. The molecule has 118 valence electrons. The van der Waals surface area contributed by atoms with E-state index in [0.29, 0.717) is 0 Å². The van der Waals surface area contributed by atoms with Crippen molar-refractivity contribution in [2.75, 3.05) is 31.5 Å². The highest BCUT2D eigenvalue weighted by atomic mass is 35.5. The summed E-state index contributed by atoms with van der Waals surface area (Å²) in [7, 11) is 1.48. The maximum Gasteiger partial charge on any atom is 0.351 e. The van der Waals surface area contributed by atoms with Crippen molar-refractivity contribution in [1.82, 2.24) is 9.55 Å². The second-order valence-corrected chi connectivity index (χ2v) is 5.19. The first kappa shape index (κ1) is 14.7. The fourth-order valence-electron chi connectivity index (χ4n) is 2.13. The van der Waals surface area contributed by atoms with Gasteiger partial charge in [-0.25, -0.2) is 9.18 Å². The summed E-state index contributed by atoms with van der Waals surface area (Å²) in [5, 5.41) is 19.2. The summed E-state index contributed by atoms with van der Waals surface area (Å²) in [4.78, 5) is 17.2. The molecule has 1 saturated heterocycles. The van der Waals surface area contributed by atoms with E-state index in [1.807, 2.05) is 0 Å². The predicted molar refractivity (Wildman–Crippen MR) is 74.4 cm³/mol. The third-order valence-corrected chi connectivity index (χ3v) is 3.90. The van der Waals surface area contributed by atoms with Gasteiger partial charge in [-0.1, -0.05) is 0 Å². The van der Waals surface area contributed by atoms with Gasteiger partial charge in [0.25, 0.3) is 0 Å². The molecular weight excluding hydrogens is 305 g/mol. The molecule has 0 radical (unpaired) electrons. The third-order valence-electron chi connectivity index (χ3n) is 3.44. The van der Waals surface area contributed by atoms with E-state index < -0.39 is 36.4 Å². The van der Waals surface area contributed by atoms with Crippen LogP contribution in [0.4, 0.5) is 10.2 Å². The Labute approximate surface area is 126 Å². The lowest BCUT2D eigenvalue weighted by Gasteiger charge is -2.26. The van der Waals surface area contributed by atoms with Crippen molar-refractivity contribution in [2.45, 2.75) is 24.1 Å². The van der Waals surface area contributed by atoms with Gasteiger partial charge >= 0.3 is 5.69 Å². The van der Waals surface area contributed by atoms with Crippen LogP contribution in [-0.4, -0.2) is 64.2 Å². The van der Waals surface area contributed by atoms with Crippen molar-refractivity contribution in [3.8, 4) is 0 Å². The molecule has 1 aliphatic rings. The van der Waals surface area contributed by atoms with Gasteiger partial charge in [0.2, 0.25) is 0 Å². The Morgan fingerprint density at radius 3 is 2.95 bits per heavy atom. The maximum absolute atomic E-state index is 14.3. The molecule has 4 atom stereocenters. The van der Waals surface area contributed by atoms with Crippen LogP contribution in [0.1, 0.15) is 7.60 Å². The lowest BCUT2D eigenvalue weighted by Crippen LogP contribution is -2.47. The molecule has 1 aromatic rings. The van der Waals surface area contributed by atoms with E-state index in [1.54, 1.807) is 7.05 Å². The Kier molecular flexibility index (Phi) is 4.12. The van der Waals surface area contributed by atoms with Gasteiger partial charge < -0.3 is 19.8 Å². The lowest BCUT2D eigenvalue weighted by atomic mass is 9.99. The number of nitrogens with zero attached hydrogens (tertiary/aromatic N) is 3. The number of aliphatic hydroxyl groups excluding tert-OH is 2. The summed E-state index contributed by atoms with van der Waals surface area (Å²) in [6.45, 7) is -0.684. The number of rotatable bonds is 4. The van der Waals surface area contributed by atoms with Gasteiger partial charge in [-0.2, -0.15) is 4.98 Å². The normalized spacial score (nSPS) is 33.0. The fraction of sp³-hybridized carbons (Fsp3) is 0.667. The van der Waals surface area contributed by atoms with Crippen molar-refractivity contribution in [3.63, 3.8) is 0 Å². The van der Waals surface area contributed by atoms with Gasteiger partial charge in [0, 0.05) is 21.6 Å². The summed E-state index contributed by atoms with van der Waals surface area (Å²) in [6.07, 6.45) is -3.77. The highest BCUT2D eigenvalue weighted by molar-refractivity contribution is 6.18. The zero-order valence-electron chi connectivity index (χ0n) is 12.3. The second kappa shape index (κ2) is 5.88. The Morgan fingerprint density at radius 1 is 1.76 bits per heavy atom. The molecule has 0 spiro atoms. The van der Waals surface area contributed by atoms with Gasteiger partial charge in [0.05, 0.1) is 12.5 Å². The zero-order valence-corrected chi connectivity index (χ0v) is 12.1. The van der Waals surface area contributed by atoms with Crippen molar-refractivity contribution < 1.29 is 20.7 Å². The largest absolute Gasteiger partial charge is 0.393 e. The summed E-state index contributed by atoms with van der Waals surface area (Å²) >= 11 is 5.66. The average Bonchev–Trinajstić information content (AvgIpc) is 2.79. The number of hydrogen-bond donors (Lipinski definition) is 2. The van der Waals surface area contributed by atoms with Crippen LogP contribution in [0.15, 0.2) is 17.1 Å². The highest BCUT2D eigenvalue weighted by Crippen LogP contribution is 2.39. The lowest BCUT2D eigenvalue weighted by molar-refractivity contribution is -0.115. The Bertz CT molecular complexity index is 586. The SMILES string of the molecule is [3H]CN(C)c1ccn([C@@H]2O[C@@](CO)(CCl)[C@@H](O)[C@H]2F)c(=O)n1. The molecule has 1 aromatic heterocycles. The van der Waals surface area contributed by atoms with Crippen LogP contribution < -0.4 is 10.6 Å². The van der Waals surface area contributed by atoms with Gasteiger partial charge in [-0.05, 0) is 6.07 Å². The monoisotopic (exact) mass is 323 g/mol. The first-order valence-corrected chi connectivity index (χ1v) is 6.70. The minimum absolute atomic E-state index is 0.0965. The number of aliphatic hydroxyl groups is 2. The Hall–Kier alpha value is -1.22. The number of anilines is 1. The molecule has 9 heteroatoms. The average molecular weight is 324 g/mol. The molecule has 0 amide bonds. The molecule has 0 saturated carbocycles. The maximum atomic E-state index is 14.3. The molecular formula is C12H17ClFN3O4. The fourth-order valence-corrected chi connectivity index (χ4v) is 2.43. The number of alkyl halides is 2. The molecule has 2 heterocycles. The number of halogens is 2. The number of aromatic nitrogens is 2. The van der Waals surface area contributed by atoms with E-state index in [0.717, 1.165) is 4.57 Å². The Morgan fingerprint density at radius 2 is 2.48 bits per heavy atom. The third kappa shape index (κ3) is 2.64. The molecule has 1 fully saturated rings. The minimum Gasteiger partial charge on any atom is -0.393 e. The van der Waals surface area contributed by atoms with Gasteiger partial charge in [-0.15, -0.1) is 11.6 Å². The van der Waals surface area contributed by atoms with E-state index in [-0.39, 0.29) is 18.7 Å². The van der Waals surface area contributed by atoms with E-state index >= 15 is 0 Å². The second-order valence-electron chi connectivity index (χ2n) is 4.93. The molecule has 1 aliphatic heterocycles. The summed E-state index contributed by atoms with van der Waals surface area (Å²) in [6, 6.07) is 1.43. The van der Waals surface area contributed by atoms with Crippen LogP contribution in [-0.2, 0) is 4.74 Å². The van der Waals surface area contributed by atoms with Crippen LogP contribution in [0, 0.1) is 0 Å². The topological polar surface area (TPSA) is 87.8 Å². The quantitative estimate of drug-likeness (QED) is 0.727. The molecule has 7 nitrogen and oxygen atoms in total. The first-order valence-electron chi connectivity index (χ1n) is 6.87. The molecule has 2 rings (SSSR count). The standard InChI is InChI=1S/C12H17ClFN3O4/c1-16(2)7-3-4-17(11(20)15-7)10-8(14)9(19)12(5-13,6-18)21-10/h3-4,8-10,18-19H,5-6H2,1-2H3/t8-,9+,10-,12-/m1/s1/i1T. The van der Waals surface area contributed by atoms with E-state index in [1.165, 1.54) is 17.2 Å². The summed E-state index contributed by atoms with van der Waals surface area (Å²) < 4.78 is 27.7. The smallest absolute Gasteiger partial charge is 0.351 e. The first-order chi connectivity index (χ1) is 10.4. The van der Waals surface area contributed by atoms with Gasteiger partial charge in [0.15, 0.2) is 12.4 Å². The van der Waals surface area contributed by atoms with Crippen LogP contribution >= 0.6 is 11.6 Å². The molecule has 0 aliphatic carbocycles. The van der Waals surface area contributed by atoms with Crippen LogP contribution in [0.5, 0.6) is 0 Å². The van der Waals surface area contributed by atoms with Crippen molar-refractivity contribution >= 4 is 17.4 Å². The molecule has 0 bridgehead atoms. The Balaban J connectivity index is 2.35. The molecule has 0 unspecified atom stereocenters. The predicted octanol–water partition coefficient (Wildman–Crippen LogP) is -0.493. The van der Waals surface area contributed by atoms with E-state index in [9.17, 15) is 19.4 Å². The zero-order chi connectivity index (χ0) is 16.5. The number of hydrogen-bond acceptors (Lipinski definition) is 6. The van der Waals surface area contributed by atoms with Crippen LogP contribution in [0.25, 0.3) is 0 Å². The van der Waals surface area contributed by atoms with Crippen molar-refractivity contribution in [1.29, 1.82) is 0 Å². The molecule has 2 N–H and O–H groups in total. The highest BCUT2D eigenvalue weighted by Gasteiger charge is 2.55. The van der Waals surface area contributed by atoms with Gasteiger partial charge in [-0.3, -0.25) is 4.57 Å². The number of ether oxygens (including phenoxy) is 1. The molecule has 0 aromatic carbocycles. The van der Waals surface area contributed by atoms with Crippen molar-refractivity contribution in [3.05, 3.63) is 22.7 Å². The van der Waals surface area contributed by atoms with E-state index in [2.05, 4.69) is 4.98 Å².